The molecule has 3 aromatic rings. The van der Waals surface area contributed by atoms with Crippen molar-refractivity contribution in [3.63, 3.8) is 0 Å². The third-order valence-corrected chi connectivity index (χ3v) is 4.28. The van der Waals surface area contributed by atoms with Gasteiger partial charge in [0.2, 0.25) is 5.95 Å². The molecule has 2 aromatic carbocycles. The van der Waals surface area contributed by atoms with Gasteiger partial charge in [-0.3, -0.25) is 9.69 Å². The highest BCUT2D eigenvalue weighted by atomic mass is 19.1. The van der Waals surface area contributed by atoms with E-state index >= 15 is 0 Å². The van der Waals surface area contributed by atoms with Gasteiger partial charge < -0.3 is 5.32 Å². The third kappa shape index (κ3) is 4.31. The lowest BCUT2D eigenvalue weighted by Crippen LogP contribution is -2.32. The number of hydrogen-bond acceptors (Lipinski definition) is 4. The van der Waals surface area contributed by atoms with E-state index in [4.69, 9.17) is 0 Å². The van der Waals surface area contributed by atoms with E-state index in [0.717, 1.165) is 23.8 Å². The van der Waals surface area contributed by atoms with E-state index in [0.29, 0.717) is 11.8 Å². The summed E-state index contributed by atoms with van der Waals surface area (Å²) in [5, 5.41) is 3.18. The number of amides is 1. The molecule has 0 saturated carbocycles. The molecule has 0 aliphatic heterocycles. The van der Waals surface area contributed by atoms with Gasteiger partial charge >= 0.3 is 0 Å². The van der Waals surface area contributed by atoms with Crippen molar-refractivity contribution >= 4 is 17.7 Å². The van der Waals surface area contributed by atoms with Crippen LogP contribution in [0.5, 0.6) is 0 Å². The van der Waals surface area contributed by atoms with Crippen molar-refractivity contribution in [2.75, 3.05) is 16.8 Å². The van der Waals surface area contributed by atoms with Crippen LogP contribution in [0.1, 0.15) is 35.8 Å². The fraction of sp³-hybridized carbons (Fsp3) is 0.190. The lowest BCUT2D eigenvalue weighted by Gasteiger charge is -2.21. The molecular weight excluding hydrogens is 362 g/mol. The lowest BCUT2D eigenvalue weighted by atomic mass is 10.1. The van der Waals surface area contributed by atoms with Gasteiger partial charge in [0.05, 0.1) is 11.6 Å². The second-order valence-corrected chi connectivity index (χ2v) is 6.19. The second-order valence-electron chi connectivity index (χ2n) is 6.19. The minimum Gasteiger partial charge on any atom is -0.348 e. The highest BCUT2D eigenvalue weighted by Gasteiger charge is 2.22. The molecule has 1 amide bonds. The van der Waals surface area contributed by atoms with Crippen LogP contribution in [0.2, 0.25) is 0 Å². The van der Waals surface area contributed by atoms with Crippen molar-refractivity contribution in [3.05, 3.63) is 83.6 Å². The number of nitrogens with one attached hydrogen (secondary N) is 1. The van der Waals surface area contributed by atoms with Crippen LogP contribution < -0.4 is 10.2 Å². The number of carbonyl (C=O) groups excluding carboxylic acids is 1. The van der Waals surface area contributed by atoms with Crippen LogP contribution in [-0.2, 0) is 0 Å². The minimum absolute atomic E-state index is 0.0529. The molecule has 0 aliphatic rings. The molecule has 5 nitrogen and oxygen atoms in total. The average Bonchev–Trinajstić information content (AvgIpc) is 2.71. The van der Waals surface area contributed by atoms with Crippen LogP contribution in [-0.4, -0.2) is 22.4 Å². The molecule has 3 rings (SSSR count). The lowest BCUT2D eigenvalue weighted by molar-refractivity contribution is 0.0983. The number of nitrogens with zero attached hydrogens (tertiary/aromatic N) is 3. The molecule has 28 heavy (non-hydrogen) atoms. The van der Waals surface area contributed by atoms with Crippen LogP contribution in [0.25, 0.3) is 0 Å². The van der Waals surface area contributed by atoms with Crippen LogP contribution in [0.15, 0.2) is 60.8 Å². The van der Waals surface area contributed by atoms with Gasteiger partial charge in [-0.15, -0.1) is 0 Å². The number of halogens is 2. The number of carbonyl (C=O) groups is 1. The SMILES string of the molecule is CCN(C(=O)c1cc(F)ccc1F)c1ccnc(N[C@@H](C)c2ccccc2)n1. The molecule has 0 spiro atoms. The smallest absolute Gasteiger partial charge is 0.262 e. The van der Waals surface area contributed by atoms with E-state index in [1.807, 2.05) is 37.3 Å². The Morgan fingerprint density at radius 2 is 1.89 bits per heavy atom. The first-order valence-electron chi connectivity index (χ1n) is 8.91. The van der Waals surface area contributed by atoms with E-state index in [1.54, 1.807) is 13.0 Å². The van der Waals surface area contributed by atoms with Crippen molar-refractivity contribution in [1.82, 2.24) is 9.97 Å². The van der Waals surface area contributed by atoms with Gasteiger partial charge in [0, 0.05) is 12.7 Å². The molecule has 1 N–H and O–H groups in total. The number of aromatic nitrogens is 2. The molecule has 0 saturated heterocycles. The zero-order valence-electron chi connectivity index (χ0n) is 15.6. The quantitative estimate of drug-likeness (QED) is 0.677. The summed E-state index contributed by atoms with van der Waals surface area (Å²) < 4.78 is 27.5. The Kier molecular flexibility index (Phi) is 5.93. The maximum absolute atomic E-state index is 14.0. The van der Waals surface area contributed by atoms with Crippen molar-refractivity contribution in [2.45, 2.75) is 19.9 Å². The summed E-state index contributed by atoms with van der Waals surface area (Å²) in [6.07, 6.45) is 1.51. The Morgan fingerprint density at radius 1 is 1.14 bits per heavy atom. The summed E-state index contributed by atoms with van der Waals surface area (Å²) in [6, 6.07) is 14.1. The summed E-state index contributed by atoms with van der Waals surface area (Å²) in [5.41, 5.74) is 0.717. The van der Waals surface area contributed by atoms with Crippen molar-refractivity contribution < 1.29 is 13.6 Å². The Hall–Kier alpha value is -3.35. The predicted molar refractivity (Wildman–Crippen MR) is 104 cm³/mol. The summed E-state index contributed by atoms with van der Waals surface area (Å²) >= 11 is 0. The molecule has 1 heterocycles. The standard InChI is InChI=1S/C21H20F2N4O/c1-3-27(20(28)17-13-16(22)9-10-18(17)23)19-11-12-24-21(26-19)25-14(2)15-7-5-4-6-8-15/h4-14H,3H2,1-2H3,(H,24,25,26)/t14-/m0/s1. The topological polar surface area (TPSA) is 58.1 Å². The van der Waals surface area contributed by atoms with Gasteiger partial charge in [-0.05, 0) is 43.7 Å². The molecule has 1 atom stereocenters. The minimum atomic E-state index is -0.782. The zero-order chi connectivity index (χ0) is 20.1. The fourth-order valence-corrected chi connectivity index (χ4v) is 2.80. The molecule has 0 unspecified atom stereocenters. The Labute approximate surface area is 162 Å². The van der Waals surface area contributed by atoms with Crippen molar-refractivity contribution in [2.24, 2.45) is 0 Å². The molecule has 0 radical (unpaired) electrons. The predicted octanol–water partition coefficient (Wildman–Crippen LogP) is 4.59. The Bertz CT molecular complexity index is 966. The number of benzene rings is 2. The molecule has 0 aliphatic carbocycles. The molecule has 1 aromatic heterocycles. The van der Waals surface area contributed by atoms with Gasteiger partial charge in [0.25, 0.3) is 5.91 Å². The van der Waals surface area contributed by atoms with E-state index in [9.17, 15) is 13.6 Å². The monoisotopic (exact) mass is 382 g/mol. The fourth-order valence-electron chi connectivity index (χ4n) is 2.80. The maximum atomic E-state index is 14.0. The number of hydrogen-bond donors (Lipinski definition) is 1. The highest BCUT2D eigenvalue weighted by molar-refractivity contribution is 6.05. The average molecular weight is 382 g/mol. The van der Waals surface area contributed by atoms with E-state index in [1.165, 1.54) is 11.1 Å². The van der Waals surface area contributed by atoms with E-state index in [2.05, 4.69) is 15.3 Å². The van der Waals surface area contributed by atoms with Crippen molar-refractivity contribution in [3.8, 4) is 0 Å². The summed E-state index contributed by atoms with van der Waals surface area (Å²) in [7, 11) is 0. The van der Waals surface area contributed by atoms with Crippen molar-refractivity contribution in [1.29, 1.82) is 0 Å². The van der Waals surface area contributed by atoms with Crippen LogP contribution in [0.3, 0.4) is 0 Å². The summed E-state index contributed by atoms with van der Waals surface area (Å²) in [5.74, 6) is -1.49. The first-order chi connectivity index (χ1) is 13.5. The normalized spacial score (nSPS) is 11.7. The summed E-state index contributed by atoms with van der Waals surface area (Å²) in [6.45, 7) is 3.94. The largest absolute Gasteiger partial charge is 0.348 e. The van der Waals surface area contributed by atoms with E-state index in [-0.39, 0.29) is 18.2 Å². The van der Waals surface area contributed by atoms with Crippen LogP contribution in [0.4, 0.5) is 20.5 Å². The van der Waals surface area contributed by atoms with Gasteiger partial charge in [-0.1, -0.05) is 30.3 Å². The molecule has 144 valence electrons. The first kappa shape index (κ1) is 19.4. The third-order valence-electron chi connectivity index (χ3n) is 4.28. The molecule has 0 fully saturated rings. The maximum Gasteiger partial charge on any atom is 0.262 e. The second kappa shape index (κ2) is 8.56. The van der Waals surface area contributed by atoms with E-state index < -0.39 is 17.5 Å². The first-order valence-corrected chi connectivity index (χ1v) is 8.91. The van der Waals surface area contributed by atoms with Crippen LogP contribution >= 0.6 is 0 Å². The zero-order valence-corrected chi connectivity index (χ0v) is 15.6. The van der Waals surface area contributed by atoms with Gasteiger partial charge in [-0.25, -0.2) is 13.8 Å². The molecular formula is C21H20F2N4O. The Morgan fingerprint density at radius 3 is 2.61 bits per heavy atom. The van der Waals surface area contributed by atoms with Crippen LogP contribution in [0, 0.1) is 11.6 Å². The molecule has 7 heteroatoms. The Balaban J connectivity index is 1.84. The van der Waals surface area contributed by atoms with Gasteiger partial charge in [0.1, 0.15) is 17.5 Å². The number of rotatable bonds is 6. The van der Waals surface area contributed by atoms with Gasteiger partial charge in [0.15, 0.2) is 0 Å². The highest BCUT2D eigenvalue weighted by Crippen LogP contribution is 2.21. The van der Waals surface area contributed by atoms with Gasteiger partial charge in [-0.2, -0.15) is 4.98 Å². The number of anilines is 2. The summed E-state index contributed by atoms with van der Waals surface area (Å²) in [4.78, 5) is 22.6. The molecule has 0 bridgehead atoms.